The van der Waals surface area contributed by atoms with Gasteiger partial charge in [0.05, 0.1) is 6.61 Å². The van der Waals surface area contributed by atoms with Crippen molar-refractivity contribution in [1.82, 2.24) is 0 Å². The predicted molar refractivity (Wildman–Crippen MR) is 42.7 cm³/mol. The lowest BCUT2D eigenvalue weighted by molar-refractivity contribution is -0.265. The number of carbonyl (C=O) groups is 1. The van der Waals surface area contributed by atoms with E-state index in [0.717, 1.165) is 32.3 Å². The van der Waals surface area contributed by atoms with E-state index in [-0.39, 0.29) is 18.2 Å². The van der Waals surface area contributed by atoms with E-state index in [9.17, 15) is 4.79 Å². The van der Waals surface area contributed by atoms with Crippen molar-refractivity contribution in [2.24, 2.45) is 0 Å². The Morgan fingerprint density at radius 2 is 2.08 bits per heavy atom. The van der Waals surface area contributed by atoms with E-state index in [1.165, 1.54) is 0 Å². The fourth-order valence-electron chi connectivity index (χ4n) is 1.82. The first kappa shape index (κ1) is 8.20. The van der Waals surface area contributed by atoms with Crippen LogP contribution < -0.4 is 0 Å². The van der Waals surface area contributed by atoms with Crippen molar-refractivity contribution in [3.8, 4) is 0 Å². The minimum absolute atomic E-state index is 0.204. The largest absolute Gasteiger partial charge is 0.350 e. The van der Waals surface area contributed by atoms with Crippen LogP contribution in [-0.4, -0.2) is 24.8 Å². The van der Waals surface area contributed by atoms with Gasteiger partial charge in [0.2, 0.25) is 0 Å². The van der Waals surface area contributed by atoms with Gasteiger partial charge in [-0.15, -0.1) is 0 Å². The Morgan fingerprint density at radius 3 is 2.67 bits per heavy atom. The Bertz CT molecular complexity index is 170. The zero-order valence-corrected chi connectivity index (χ0v) is 7.17. The quantitative estimate of drug-likeness (QED) is 0.549. The summed E-state index contributed by atoms with van der Waals surface area (Å²) in [6.45, 7) is 1.04. The second-order valence-corrected chi connectivity index (χ2v) is 3.54. The van der Waals surface area contributed by atoms with Crippen molar-refractivity contribution in [2.75, 3.05) is 13.2 Å². The molecule has 0 bridgehead atoms. The summed E-state index contributed by atoms with van der Waals surface area (Å²) in [4.78, 5) is 10.9. The summed E-state index contributed by atoms with van der Waals surface area (Å²) in [6.07, 6.45) is 4.62. The maximum atomic E-state index is 10.9. The third-order valence-corrected chi connectivity index (χ3v) is 2.60. The van der Waals surface area contributed by atoms with Gasteiger partial charge >= 0.3 is 0 Å². The number of ketones is 1. The van der Waals surface area contributed by atoms with E-state index in [4.69, 9.17) is 9.47 Å². The molecule has 0 aromatic rings. The number of rotatable bonds is 0. The van der Waals surface area contributed by atoms with Crippen molar-refractivity contribution in [1.29, 1.82) is 0 Å². The van der Waals surface area contributed by atoms with E-state index in [1.54, 1.807) is 0 Å². The molecule has 0 N–H and O–H groups in total. The number of hydrogen-bond acceptors (Lipinski definition) is 3. The highest BCUT2D eigenvalue weighted by Gasteiger charge is 2.37. The summed E-state index contributed by atoms with van der Waals surface area (Å²) in [5.74, 6) is -0.179. The zero-order valence-electron chi connectivity index (χ0n) is 7.17. The van der Waals surface area contributed by atoms with E-state index in [2.05, 4.69) is 0 Å². The minimum atomic E-state index is -0.383. The lowest BCUT2D eigenvalue weighted by Gasteiger charge is -2.39. The molecule has 0 saturated carbocycles. The molecule has 0 aliphatic carbocycles. The van der Waals surface area contributed by atoms with Crippen molar-refractivity contribution in [3.63, 3.8) is 0 Å². The zero-order chi connectivity index (χ0) is 8.44. The Morgan fingerprint density at radius 1 is 1.17 bits per heavy atom. The van der Waals surface area contributed by atoms with Crippen LogP contribution in [0.4, 0.5) is 0 Å². The summed E-state index contributed by atoms with van der Waals surface area (Å²) < 4.78 is 11.0. The van der Waals surface area contributed by atoms with Crippen LogP contribution in [0.3, 0.4) is 0 Å². The lowest BCUT2D eigenvalue weighted by Crippen LogP contribution is -2.44. The molecule has 1 unspecified atom stereocenters. The summed E-state index contributed by atoms with van der Waals surface area (Å²) in [5, 5.41) is 0. The Balaban J connectivity index is 1.96. The molecular weight excluding hydrogens is 156 g/mol. The highest BCUT2D eigenvalue weighted by atomic mass is 16.7. The van der Waals surface area contributed by atoms with E-state index in [1.807, 2.05) is 0 Å². The molecule has 2 aliphatic heterocycles. The second kappa shape index (κ2) is 3.15. The first-order valence-electron chi connectivity index (χ1n) is 4.60. The van der Waals surface area contributed by atoms with E-state index < -0.39 is 0 Å². The van der Waals surface area contributed by atoms with Gasteiger partial charge in [0, 0.05) is 19.3 Å². The van der Waals surface area contributed by atoms with Gasteiger partial charge in [0.15, 0.2) is 11.6 Å². The number of hydrogen-bond donors (Lipinski definition) is 0. The molecule has 1 atom stereocenters. The molecule has 0 aromatic carbocycles. The van der Waals surface area contributed by atoms with Crippen LogP contribution in [0.5, 0.6) is 0 Å². The Labute approximate surface area is 72.0 Å². The maximum absolute atomic E-state index is 10.9. The van der Waals surface area contributed by atoms with Gasteiger partial charge in [-0.05, 0) is 12.8 Å². The van der Waals surface area contributed by atoms with Crippen LogP contribution in [0.25, 0.3) is 0 Å². The molecule has 0 aromatic heterocycles. The van der Waals surface area contributed by atoms with Crippen molar-refractivity contribution < 1.29 is 14.3 Å². The molecule has 2 rings (SSSR count). The number of carbonyl (C=O) groups excluding carboxylic acids is 1. The smallest absolute Gasteiger partial charge is 0.169 e. The molecule has 2 heterocycles. The number of ether oxygens (including phenoxy) is 2. The van der Waals surface area contributed by atoms with Crippen LogP contribution in [0.1, 0.15) is 32.1 Å². The van der Waals surface area contributed by atoms with Crippen LogP contribution in [0, 0.1) is 0 Å². The topological polar surface area (TPSA) is 35.5 Å². The van der Waals surface area contributed by atoms with Gasteiger partial charge in [0.1, 0.15) is 6.61 Å². The van der Waals surface area contributed by atoms with Gasteiger partial charge in [-0.1, -0.05) is 0 Å². The molecule has 2 saturated heterocycles. The van der Waals surface area contributed by atoms with Gasteiger partial charge in [0.25, 0.3) is 0 Å². The molecule has 0 radical (unpaired) electrons. The number of Topliss-reactive ketones (excluding diaryl/α,β-unsaturated/α-hetero) is 1. The molecular formula is C9H14O3. The summed E-state index contributed by atoms with van der Waals surface area (Å²) in [7, 11) is 0. The SMILES string of the molecule is O=C1CCC2(CCCCO2)OC1. The van der Waals surface area contributed by atoms with Crippen LogP contribution in [0.2, 0.25) is 0 Å². The minimum Gasteiger partial charge on any atom is -0.350 e. The second-order valence-electron chi connectivity index (χ2n) is 3.54. The molecule has 12 heavy (non-hydrogen) atoms. The average Bonchev–Trinajstić information content (AvgIpc) is 2.13. The summed E-state index contributed by atoms with van der Waals surface area (Å²) in [5.41, 5.74) is 0. The molecule has 3 heteroatoms. The van der Waals surface area contributed by atoms with Crippen LogP contribution in [0.15, 0.2) is 0 Å². The molecule has 68 valence electrons. The highest BCUT2D eigenvalue weighted by molar-refractivity contribution is 5.80. The van der Waals surface area contributed by atoms with Crippen LogP contribution in [-0.2, 0) is 14.3 Å². The Hall–Kier alpha value is -0.410. The summed E-state index contributed by atoms with van der Waals surface area (Å²) in [6, 6.07) is 0. The van der Waals surface area contributed by atoms with Gasteiger partial charge in [-0.2, -0.15) is 0 Å². The van der Waals surface area contributed by atoms with Crippen molar-refractivity contribution in [3.05, 3.63) is 0 Å². The summed E-state index contributed by atoms with van der Waals surface area (Å²) >= 11 is 0. The first-order valence-corrected chi connectivity index (χ1v) is 4.60. The normalized spacial score (nSPS) is 37.2. The van der Waals surface area contributed by atoms with Crippen LogP contribution >= 0.6 is 0 Å². The molecule has 2 aliphatic rings. The fraction of sp³-hybridized carbons (Fsp3) is 0.889. The molecule has 1 spiro atoms. The van der Waals surface area contributed by atoms with Crippen molar-refractivity contribution >= 4 is 5.78 Å². The monoisotopic (exact) mass is 170 g/mol. The van der Waals surface area contributed by atoms with Gasteiger partial charge in [-0.3, -0.25) is 4.79 Å². The molecule has 3 nitrogen and oxygen atoms in total. The van der Waals surface area contributed by atoms with Gasteiger partial charge < -0.3 is 9.47 Å². The first-order chi connectivity index (χ1) is 5.81. The van der Waals surface area contributed by atoms with E-state index >= 15 is 0 Å². The third-order valence-electron chi connectivity index (χ3n) is 2.60. The maximum Gasteiger partial charge on any atom is 0.169 e. The average molecular weight is 170 g/mol. The highest BCUT2D eigenvalue weighted by Crippen LogP contribution is 2.33. The lowest BCUT2D eigenvalue weighted by atomic mass is 9.97. The van der Waals surface area contributed by atoms with Crippen molar-refractivity contribution in [2.45, 2.75) is 37.9 Å². The standard InChI is InChI=1S/C9H14O3/c10-8-3-5-9(12-7-8)4-1-2-6-11-9/h1-7H2. The molecule has 2 fully saturated rings. The predicted octanol–water partition coefficient (Wildman–Crippen LogP) is 1.26. The van der Waals surface area contributed by atoms with Gasteiger partial charge in [-0.25, -0.2) is 0 Å². The Kier molecular flexibility index (Phi) is 2.15. The fourth-order valence-corrected chi connectivity index (χ4v) is 1.82. The third kappa shape index (κ3) is 1.52. The molecule has 0 amide bonds. The van der Waals surface area contributed by atoms with E-state index in [0.29, 0.717) is 6.42 Å².